The summed E-state index contributed by atoms with van der Waals surface area (Å²) in [6.45, 7) is 2.69. The minimum Gasteiger partial charge on any atom is -0.343 e. The molecule has 2 heterocycles. The molecule has 1 aromatic heterocycles. The van der Waals surface area contributed by atoms with Gasteiger partial charge in [-0.25, -0.2) is 4.79 Å². The number of rotatable bonds is 5. The van der Waals surface area contributed by atoms with Gasteiger partial charge in [0.05, 0.1) is 10.3 Å². The molecule has 2 rings (SSSR count). The summed E-state index contributed by atoms with van der Waals surface area (Å²) in [4.78, 5) is 28.4. The lowest BCUT2D eigenvalue weighted by Crippen LogP contribution is -2.39. The van der Waals surface area contributed by atoms with Gasteiger partial charge in [-0.2, -0.15) is 0 Å². The van der Waals surface area contributed by atoms with Gasteiger partial charge in [0.2, 0.25) is 5.91 Å². The number of hydrogen-bond acceptors (Lipinski definition) is 3. The molecule has 0 spiro atoms. The largest absolute Gasteiger partial charge is 0.343 e. The highest BCUT2D eigenvalue weighted by Gasteiger charge is 2.18. The van der Waals surface area contributed by atoms with E-state index >= 15 is 0 Å². The fraction of sp³-hybridized carbons (Fsp3) is 0.571. The van der Waals surface area contributed by atoms with Gasteiger partial charge in [-0.15, -0.1) is 11.3 Å². The summed E-state index contributed by atoms with van der Waals surface area (Å²) in [6, 6.07) is 3.82. The maximum absolute atomic E-state index is 11.9. The molecule has 3 amide bonds. The number of carbonyl (C=O) groups excluding carboxylic acids is 2. The second kappa shape index (κ2) is 7.79. The van der Waals surface area contributed by atoms with E-state index in [9.17, 15) is 9.59 Å². The maximum atomic E-state index is 11.9. The highest BCUT2D eigenvalue weighted by molar-refractivity contribution is 9.11. The van der Waals surface area contributed by atoms with E-state index in [1.807, 2.05) is 17.0 Å². The van der Waals surface area contributed by atoms with Crippen LogP contribution in [0.1, 0.15) is 24.1 Å². The van der Waals surface area contributed by atoms with Crippen molar-refractivity contribution >= 4 is 39.2 Å². The zero-order valence-electron chi connectivity index (χ0n) is 12.1. The molecule has 1 aromatic rings. The second-order valence-corrected chi connectivity index (χ2v) is 7.68. The van der Waals surface area contributed by atoms with Crippen molar-refractivity contribution in [3.8, 4) is 0 Å². The number of hydrogen-bond donors (Lipinski definition) is 1. The molecule has 7 heteroatoms. The predicted octanol–water partition coefficient (Wildman–Crippen LogP) is 2.66. The molecule has 1 aliphatic rings. The summed E-state index contributed by atoms with van der Waals surface area (Å²) >= 11 is 5.02. The molecule has 0 saturated carbocycles. The van der Waals surface area contributed by atoms with E-state index in [2.05, 4.69) is 21.2 Å². The van der Waals surface area contributed by atoms with Crippen LogP contribution in [0.25, 0.3) is 0 Å². The van der Waals surface area contributed by atoms with Crippen LogP contribution in [0.2, 0.25) is 0 Å². The number of nitrogens with one attached hydrogen (secondary N) is 1. The second-order valence-electron chi connectivity index (χ2n) is 5.13. The molecule has 5 nitrogen and oxygen atoms in total. The van der Waals surface area contributed by atoms with Crippen molar-refractivity contribution in [3.63, 3.8) is 0 Å². The van der Waals surface area contributed by atoms with Crippen molar-refractivity contribution in [2.75, 3.05) is 26.7 Å². The lowest BCUT2D eigenvalue weighted by molar-refractivity contribution is -0.129. The maximum Gasteiger partial charge on any atom is 0.317 e. The third kappa shape index (κ3) is 5.00. The third-order valence-electron chi connectivity index (χ3n) is 3.44. The Hall–Kier alpha value is -1.08. The molecule has 0 aliphatic carbocycles. The van der Waals surface area contributed by atoms with Crippen molar-refractivity contribution < 1.29 is 9.59 Å². The third-order valence-corrected chi connectivity index (χ3v) is 5.05. The monoisotopic (exact) mass is 373 g/mol. The van der Waals surface area contributed by atoms with Gasteiger partial charge in [-0.3, -0.25) is 4.79 Å². The Morgan fingerprint density at radius 1 is 1.38 bits per heavy atom. The first-order valence-corrected chi connectivity index (χ1v) is 8.68. The van der Waals surface area contributed by atoms with Gasteiger partial charge >= 0.3 is 6.03 Å². The molecular weight excluding hydrogens is 354 g/mol. The van der Waals surface area contributed by atoms with Crippen LogP contribution in [0.3, 0.4) is 0 Å². The topological polar surface area (TPSA) is 52.7 Å². The number of amides is 3. The Balaban J connectivity index is 1.67. The lowest BCUT2D eigenvalue weighted by atomic mass is 10.3. The molecule has 116 valence electrons. The van der Waals surface area contributed by atoms with E-state index in [0.29, 0.717) is 19.5 Å². The van der Waals surface area contributed by atoms with Crippen molar-refractivity contribution in [2.24, 2.45) is 0 Å². The molecule has 0 aromatic carbocycles. The van der Waals surface area contributed by atoms with Crippen LogP contribution < -0.4 is 5.32 Å². The summed E-state index contributed by atoms with van der Waals surface area (Å²) in [6.07, 6.45) is 2.57. The average Bonchev–Trinajstić information content (AvgIpc) is 3.10. The van der Waals surface area contributed by atoms with Crippen LogP contribution in [-0.2, 0) is 11.3 Å². The lowest BCUT2D eigenvalue weighted by Gasteiger charge is -2.18. The van der Waals surface area contributed by atoms with E-state index in [1.165, 1.54) is 0 Å². The van der Waals surface area contributed by atoms with Gasteiger partial charge in [0.15, 0.2) is 0 Å². The van der Waals surface area contributed by atoms with Crippen molar-refractivity contribution in [1.82, 2.24) is 15.1 Å². The van der Waals surface area contributed by atoms with Crippen LogP contribution in [0.5, 0.6) is 0 Å². The number of likely N-dealkylation sites (tertiary alicyclic amines) is 1. The molecule has 0 atom stereocenters. The number of thiophene rings is 1. The van der Waals surface area contributed by atoms with E-state index in [4.69, 9.17) is 0 Å². The molecule has 1 saturated heterocycles. The number of carbonyl (C=O) groups is 2. The fourth-order valence-electron chi connectivity index (χ4n) is 2.28. The standard InChI is InChI=1S/C14H20BrN3O2S/c1-17(10-11-4-5-12(15)21-11)14(20)16-7-6-13(19)18-8-2-3-9-18/h4-5H,2-3,6-10H2,1H3,(H,16,20). The van der Waals surface area contributed by atoms with Crippen molar-refractivity contribution in [3.05, 3.63) is 20.8 Å². The van der Waals surface area contributed by atoms with E-state index < -0.39 is 0 Å². The zero-order valence-corrected chi connectivity index (χ0v) is 14.5. The molecule has 0 bridgehead atoms. The van der Waals surface area contributed by atoms with E-state index in [0.717, 1.165) is 34.6 Å². The van der Waals surface area contributed by atoms with Crippen molar-refractivity contribution in [2.45, 2.75) is 25.8 Å². The predicted molar refractivity (Wildman–Crippen MR) is 87.3 cm³/mol. The van der Waals surface area contributed by atoms with Crippen LogP contribution in [0.4, 0.5) is 4.79 Å². The minimum atomic E-state index is -0.145. The molecular formula is C14H20BrN3O2S. The summed E-state index contributed by atoms with van der Waals surface area (Å²) in [7, 11) is 1.76. The first-order valence-electron chi connectivity index (χ1n) is 7.07. The number of nitrogens with zero attached hydrogens (tertiary/aromatic N) is 2. The van der Waals surface area contributed by atoms with Gasteiger partial charge in [0, 0.05) is 38.0 Å². The van der Waals surface area contributed by atoms with Crippen LogP contribution >= 0.6 is 27.3 Å². The minimum absolute atomic E-state index is 0.137. The first kappa shape index (κ1) is 16.3. The number of halogens is 1. The van der Waals surface area contributed by atoms with E-state index in [1.54, 1.807) is 23.3 Å². The first-order chi connectivity index (χ1) is 10.1. The normalized spacial score (nSPS) is 14.3. The average molecular weight is 374 g/mol. The molecule has 1 N–H and O–H groups in total. The Morgan fingerprint density at radius 3 is 2.71 bits per heavy atom. The Bertz CT molecular complexity index is 500. The van der Waals surface area contributed by atoms with Gasteiger partial charge in [-0.05, 0) is 40.9 Å². The van der Waals surface area contributed by atoms with Crippen LogP contribution in [0.15, 0.2) is 15.9 Å². The van der Waals surface area contributed by atoms with Gasteiger partial charge in [0.25, 0.3) is 0 Å². The van der Waals surface area contributed by atoms with E-state index in [-0.39, 0.29) is 11.9 Å². The zero-order chi connectivity index (χ0) is 15.2. The van der Waals surface area contributed by atoms with Crippen molar-refractivity contribution in [1.29, 1.82) is 0 Å². The summed E-state index contributed by atoms with van der Waals surface area (Å²) in [5.41, 5.74) is 0. The SMILES string of the molecule is CN(Cc1ccc(Br)s1)C(=O)NCCC(=O)N1CCCC1. The fourth-order valence-corrected chi connectivity index (χ4v) is 3.81. The molecule has 0 unspecified atom stereocenters. The summed E-state index contributed by atoms with van der Waals surface area (Å²) in [5, 5.41) is 2.80. The Labute approximate surface area is 137 Å². The Morgan fingerprint density at radius 2 is 2.10 bits per heavy atom. The van der Waals surface area contributed by atoms with Gasteiger partial charge in [-0.1, -0.05) is 0 Å². The highest BCUT2D eigenvalue weighted by Crippen LogP contribution is 2.22. The van der Waals surface area contributed by atoms with Crippen LogP contribution in [0, 0.1) is 0 Å². The quantitative estimate of drug-likeness (QED) is 0.862. The molecule has 0 radical (unpaired) electrons. The Kier molecular flexibility index (Phi) is 6.05. The molecule has 1 aliphatic heterocycles. The summed E-state index contributed by atoms with van der Waals surface area (Å²) < 4.78 is 1.06. The molecule has 1 fully saturated rings. The van der Waals surface area contributed by atoms with Gasteiger partial charge < -0.3 is 15.1 Å². The highest BCUT2D eigenvalue weighted by atomic mass is 79.9. The smallest absolute Gasteiger partial charge is 0.317 e. The van der Waals surface area contributed by atoms with Crippen LogP contribution in [-0.4, -0.2) is 48.4 Å². The number of urea groups is 1. The summed E-state index contributed by atoms with van der Waals surface area (Å²) in [5.74, 6) is 0.137. The molecule has 21 heavy (non-hydrogen) atoms. The van der Waals surface area contributed by atoms with Gasteiger partial charge in [0.1, 0.15) is 0 Å².